The molecule has 4 aromatic rings. The minimum absolute atomic E-state index is 0.0182. The van der Waals surface area contributed by atoms with Gasteiger partial charge in [0, 0.05) is 41.4 Å². The van der Waals surface area contributed by atoms with Crippen LogP contribution in [0.3, 0.4) is 0 Å². The Morgan fingerprint density at radius 3 is 1.62 bits per heavy atom. The third-order valence-electron chi connectivity index (χ3n) is 10.5. The number of hydrogen-bond acceptors (Lipinski definition) is 12. The number of nitrogens with one attached hydrogen (secondary N) is 7. The molecule has 0 bridgehead atoms. The number of carboxylic acids is 1. The number of aliphatic hydroxyl groups excluding tert-OH is 1. The van der Waals surface area contributed by atoms with Crippen molar-refractivity contribution in [3.05, 3.63) is 108 Å². The summed E-state index contributed by atoms with van der Waals surface area (Å²) in [5.74, 6) is -6.48. The van der Waals surface area contributed by atoms with E-state index in [0.29, 0.717) is 24.0 Å². The second-order valence-electron chi connectivity index (χ2n) is 15.6. The van der Waals surface area contributed by atoms with Gasteiger partial charge in [0.2, 0.25) is 35.4 Å². The predicted molar refractivity (Wildman–Crippen MR) is 252 cm³/mol. The molecule has 0 unspecified atom stereocenters. The second kappa shape index (κ2) is 26.1. The van der Waals surface area contributed by atoms with Crippen molar-refractivity contribution in [1.29, 1.82) is 0 Å². The van der Waals surface area contributed by atoms with E-state index in [1.807, 2.05) is 54.6 Å². The van der Waals surface area contributed by atoms with E-state index in [9.17, 15) is 43.8 Å². The van der Waals surface area contributed by atoms with Gasteiger partial charge in [0.25, 0.3) is 0 Å². The van der Waals surface area contributed by atoms with Crippen molar-refractivity contribution in [2.75, 3.05) is 18.1 Å². The lowest BCUT2D eigenvalue weighted by molar-refractivity contribution is -0.145. The number of aromatic amines is 1. The van der Waals surface area contributed by atoms with Crippen LogP contribution >= 0.6 is 25.3 Å². The summed E-state index contributed by atoms with van der Waals surface area (Å²) >= 11 is 8.47. The van der Waals surface area contributed by atoms with E-state index in [2.05, 4.69) is 62.1 Å². The highest BCUT2D eigenvalue weighted by Gasteiger charge is 2.34. The van der Waals surface area contributed by atoms with Gasteiger partial charge in [-0.3, -0.25) is 28.8 Å². The number of fused-ring (bicyclic) bond motifs is 1. The first-order valence-electron chi connectivity index (χ1n) is 21.2. The number of amides is 6. The Balaban J connectivity index is 1.61. The van der Waals surface area contributed by atoms with E-state index in [1.54, 1.807) is 36.5 Å². The average Bonchev–Trinajstić information content (AvgIpc) is 3.70. The lowest BCUT2D eigenvalue weighted by Gasteiger charge is -2.27. The van der Waals surface area contributed by atoms with Crippen molar-refractivity contribution in [3.8, 4) is 0 Å². The zero-order valence-corrected chi connectivity index (χ0v) is 37.7. The molecule has 0 aliphatic carbocycles. The molecular weight excluding hydrogens is 875 g/mol. The molecule has 0 aliphatic rings. The molecular formula is C45H59N9O9S2. The number of thiol groups is 2. The molecule has 0 saturated carbocycles. The molecule has 0 saturated heterocycles. The standard InChI is InChI=1S/C45H59N9O9S2/c1-26(55)38(45(62)63)54-44(61)37(25-65)53-40(57)33(18-10-11-19-46)49-42(59)35(22-29-23-48-32-17-9-8-16-30(29)32)51-41(58)34(21-28-14-6-3-7-15-28)50-43(60)36(24-64)52-39(56)31(47)20-27-12-4-2-5-13-27/h2-9,12-17,23,26,31,33-38,48,55,64-65H,10-11,18-22,24-25,46-47H2,1H3,(H,49,59)(H,50,60)(H,51,58)(H,52,56)(H,53,57)(H,54,61)(H,62,63)/t26-,31-,33+,34+,35-,36+,37+,38+/m1/s1. The Kier molecular flexibility index (Phi) is 20.8. The predicted octanol–water partition coefficient (Wildman–Crippen LogP) is -0.114. The maximum Gasteiger partial charge on any atom is 0.328 e. The van der Waals surface area contributed by atoms with Crippen LogP contribution in [0, 0.1) is 0 Å². The number of aliphatic carboxylic acids is 1. The van der Waals surface area contributed by atoms with E-state index >= 15 is 0 Å². The normalized spacial score (nSPS) is 14.9. The largest absolute Gasteiger partial charge is 0.480 e. The smallest absolute Gasteiger partial charge is 0.328 e. The first kappa shape index (κ1) is 51.7. The van der Waals surface area contributed by atoms with Crippen LogP contribution in [0.2, 0.25) is 0 Å². The van der Waals surface area contributed by atoms with Gasteiger partial charge in [-0.1, -0.05) is 78.9 Å². The number of benzene rings is 3. The molecule has 1 heterocycles. The number of nitrogens with two attached hydrogens (primary N) is 2. The maximum atomic E-state index is 14.5. The van der Waals surface area contributed by atoms with Gasteiger partial charge in [-0.2, -0.15) is 25.3 Å². The van der Waals surface area contributed by atoms with Crippen LogP contribution in [0.1, 0.15) is 42.9 Å². The second-order valence-corrected chi connectivity index (χ2v) is 16.3. The number of carbonyl (C=O) groups is 7. The average molecular weight is 934 g/mol. The molecule has 0 spiro atoms. The number of carbonyl (C=O) groups excluding carboxylic acids is 6. The van der Waals surface area contributed by atoms with Gasteiger partial charge in [-0.15, -0.1) is 0 Å². The molecule has 13 N–H and O–H groups in total. The fraction of sp³-hybridized carbons (Fsp3) is 0.400. The Labute approximate surface area is 388 Å². The summed E-state index contributed by atoms with van der Waals surface area (Å²) in [5, 5.41) is 35.7. The van der Waals surface area contributed by atoms with Crippen molar-refractivity contribution in [2.45, 2.75) is 93.8 Å². The van der Waals surface area contributed by atoms with E-state index in [0.717, 1.165) is 16.5 Å². The summed E-state index contributed by atoms with van der Waals surface area (Å²) in [4.78, 5) is 97.6. The molecule has 0 fully saturated rings. The SMILES string of the molecule is C[C@@H](O)[C@H](NC(=O)[C@H](CS)NC(=O)[C@H](CCCCN)NC(=O)[C@@H](Cc1c[nH]c2ccccc12)NC(=O)[C@H](Cc1ccccc1)NC(=O)[C@H](CS)NC(=O)[C@H](N)Cc1ccccc1)C(=O)O. The van der Waals surface area contributed by atoms with Crippen molar-refractivity contribution < 1.29 is 43.8 Å². The van der Waals surface area contributed by atoms with Crippen LogP contribution < -0.4 is 43.4 Å². The van der Waals surface area contributed by atoms with E-state index in [4.69, 9.17) is 11.5 Å². The van der Waals surface area contributed by atoms with Crippen LogP contribution in [0.25, 0.3) is 10.9 Å². The number of aromatic nitrogens is 1. The monoisotopic (exact) mass is 933 g/mol. The maximum absolute atomic E-state index is 14.5. The van der Waals surface area contributed by atoms with Gasteiger partial charge in [-0.25, -0.2) is 4.79 Å². The van der Waals surface area contributed by atoms with Gasteiger partial charge in [-0.05, 0) is 61.9 Å². The fourth-order valence-electron chi connectivity index (χ4n) is 6.91. The summed E-state index contributed by atoms with van der Waals surface area (Å²) < 4.78 is 0. The number of unbranched alkanes of at least 4 members (excludes halogenated alkanes) is 1. The van der Waals surface area contributed by atoms with E-state index in [-0.39, 0.29) is 43.7 Å². The zero-order chi connectivity index (χ0) is 47.5. The lowest BCUT2D eigenvalue weighted by atomic mass is 10.0. The molecule has 20 heteroatoms. The fourth-order valence-corrected chi connectivity index (χ4v) is 7.42. The lowest BCUT2D eigenvalue weighted by Crippen LogP contribution is -2.61. The quantitative estimate of drug-likeness (QED) is 0.0291. The molecule has 350 valence electrons. The summed E-state index contributed by atoms with van der Waals surface area (Å²) in [6.45, 7) is 1.47. The first-order chi connectivity index (χ1) is 31.1. The van der Waals surface area contributed by atoms with Crippen LogP contribution in [0.5, 0.6) is 0 Å². The number of hydrogen-bond donors (Lipinski definition) is 13. The number of para-hydroxylation sites is 1. The van der Waals surface area contributed by atoms with Crippen LogP contribution in [-0.2, 0) is 52.8 Å². The summed E-state index contributed by atoms with van der Waals surface area (Å²) in [7, 11) is 0. The summed E-state index contributed by atoms with van der Waals surface area (Å²) in [5.41, 5.74) is 14.8. The number of carboxylic acid groups (broad SMARTS) is 1. The van der Waals surface area contributed by atoms with Gasteiger partial charge in [0.15, 0.2) is 6.04 Å². The topological polar surface area (TPSA) is 300 Å². The molecule has 4 rings (SSSR count). The molecule has 65 heavy (non-hydrogen) atoms. The molecule has 8 atom stereocenters. The minimum atomic E-state index is -1.67. The van der Waals surface area contributed by atoms with Crippen molar-refractivity contribution in [2.24, 2.45) is 11.5 Å². The first-order valence-corrected chi connectivity index (χ1v) is 22.4. The minimum Gasteiger partial charge on any atom is -0.480 e. The van der Waals surface area contributed by atoms with Gasteiger partial charge < -0.3 is 58.6 Å². The third-order valence-corrected chi connectivity index (χ3v) is 11.3. The zero-order valence-electron chi connectivity index (χ0n) is 35.9. The Morgan fingerprint density at radius 1 is 0.600 bits per heavy atom. The van der Waals surface area contributed by atoms with E-state index < -0.39 is 89.8 Å². The Hall–Kier alpha value is -5.93. The molecule has 3 aromatic carbocycles. The molecule has 0 radical (unpaired) electrons. The highest BCUT2D eigenvalue weighted by molar-refractivity contribution is 7.80. The van der Waals surface area contributed by atoms with E-state index in [1.165, 1.54) is 6.92 Å². The molecule has 1 aromatic heterocycles. The van der Waals surface area contributed by atoms with Crippen molar-refractivity contribution in [1.82, 2.24) is 36.9 Å². The molecule has 6 amide bonds. The van der Waals surface area contributed by atoms with Gasteiger partial charge in [0.05, 0.1) is 12.1 Å². The molecule has 0 aliphatic heterocycles. The number of H-pyrrole nitrogens is 1. The highest BCUT2D eigenvalue weighted by atomic mass is 32.1. The van der Waals surface area contributed by atoms with Crippen molar-refractivity contribution in [3.63, 3.8) is 0 Å². The number of rotatable bonds is 26. The highest BCUT2D eigenvalue weighted by Crippen LogP contribution is 2.20. The van der Waals surface area contributed by atoms with Gasteiger partial charge in [0.1, 0.15) is 30.2 Å². The van der Waals surface area contributed by atoms with Crippen molar-refractivity contribution >= 4 is 77.6 Å². The third kappa shape index (κ3) is 15.9. The van der Waals surface area contributed by atoms with Crippen LogP contribution in [0.15, 0.2) is 91.1 Å². The van der Waals surface area contributed by atoms with Gasteiger partial charge >= 0.3 is 5.97 Å². The van der Waals surface area contributed by atoms with Crippen LogP contribution in [-0.4, -0.2) is 123 Å². The Bertz CT molecular complexity index is 2210. The van der Waals surface area contributed by atoms with Crippen LogP contribution in [0.4, 0.5) is 0 Å². The molecule has 18 nitrogen and oxygen atoms in total. The summed E-state index contributed by atoms with van der Waals surface area (Å²) in [6.07, 6.45) is 1.28. The Morgan fingerprint density at radius 2 is 1.06 bits per heavy atom. The summed E-state index contributed by atoms with van der Waals surface area (Å²) in [6, 6.07) is 16.2. The number of aliphatic hydroxyl groups is 1.